The van der Waals surface area contributed by atoms with Crippen molar-refractivity contribution in [3.63, 3.8) is 0 Å². The highest BCUT2D eigenvalue weighted by atomic mass is 16.5. The Hall–Kier alpha value is -2.74. The first kappa shape index (κ1) is 16.1. The smallest absolute Gasteiger partial charge is 0.289 e. The molecule has 0 aliphatic carbocycles. The summed E-state index contributed by atoms with van der Waals surface area (Å²) in [6, 6.07) is 10.8. The van der Waals surface area contributed by atoms with Crippen molar-refractivity contribution >= 4 is 5.91 Å². The summed E-state index contributed by atoms with van der Waals surface area (Å²) < 4.78 is 11.1. The van der Waals surface area contributed by atoms with Crippen LogP contribution < -0.4 is 4.74 Å². The average Bonchev–Trinajstić information content (AvgIpc) is 2.92. The zero-order valence-electron chi connectivity index (χ0n) is 13.5. The van der Waals surface area contributed by atoms with Crippen LogP contribution in [0.5, 0.6) is 5.75 Å². The number of furan rings is 1. The molecule has 0 saturated carbocycles. The Bertz CT molecular complexity index is 737. The van der Waals surface area contributed by atoms with Crippen molar-refractivity contribution in [1.82, 2.24) is 4.90 Å². The van der Waals surface area contributed by atoms with E-state index in [4.69, 9.17) is 14.4 Å². The van der Waals surface area contributed by atoms with Crippen LogP contribution in [0.2, 0.25) is 0 Å². The second kappa shape index (κ2) is 7.69. The second-order valence-corrected chi connectivity index (χ2v) is 5.91. The predicted molar refractivity (Wildman–Crippen MR) is 88.6 cm³/mol. The molecule has 0 radical (unpaired) electrons. The van der Waals surface area contributed by atoms with Gasteiger partial charge < -0.3 is 14.1 Å². The van der Waals surface area contributed by atoms with E-state index in [1.54, 1.807) is 30.3 Å². The largest absolute Gasteiger partial charge is 0.489 e. The van der Waals surface area contributed by atoms with E-state index in [2.05, 4.69) is 6.07 Å². The fourth-order valence-electron chi connectivity index (χ4n) is 2.87. The number of nitrogens with zero attached hydrogens (tertiary/aromatic N) is 2. The molecule has 0 bridgehead atoms. The van der Waals surface area contributed by atoms with E-state index in [0.717, 1.165) is 31.5 Å². The van der Waals surface area contributed by atoms with Gasteiger partial charge in [0.1, 0.15) is 12.4 Å². The first-order valence-electron chi connectivity index (χ1n) is 8.26. The lowest BCUT2D eigenvalue weighted by Gasteiger charge is -2.19. The van der Waals surface area contributed by atoms with E-state index in [1.165, 1.54) is 19.1 Å². The van der Waals surface area contributed by atoms with Crippen LogP contribution in [0.4, 0.5) is 0 Å². The highest BCUT2D eigenvalue weighted by Gasteiger charge is 2.23. The minimum absolute atomic E-state index is 0.0636. The van der Waals surface area contributed by atoms with Crippen molar-refractivity contribution in [3.05, 3.63) is 53.5 Å². The Morgan fingerprint density at radius 3 is 2.75 bits per heavy atom. The zero-order chi connectivity index (χ0) is 16.8. The molecule has 1 aliphatic rings. The third kappa shape index (κ3) is 3.77. The van der Waals surface area contributed by atoms with Crippen LogP contribution in [-0.4, -0.2) is 23.9 Å². The highest BCUT2D eigenvalue weighted by Crippen LogP contribution is 2.20. The third-order valence-corrected chi connectivity index (χ3v) is 4.19. The molecule has 24 heavy (non-hydrogen) atoms. The highest BCUT2D eigenvalue weighted by molar-refractivity contribution is 5.92. The summed E-state index contributed by atoms with van der Waals surface area (Å²) in [5.41, 5.74) is 1.27. The Morgan fingerprint density at radius 2 is 2.00 bits per heavy atom. The first-order valence-corrected chi connectivity index (χ1v) is 8.26. The molecule has 0 atom stereocenters. The fourth-order valence-corrected chi connectivity index (χ4v) is 2.87. The number of likely N-dealkylation sites (tertiary alicyclic amines) is 1. The third-order valence-electron chi connectivity index (χ3n) is 4.19. The minimum Gasteiger partial charge on any atom is -0.489 e. The van der Waals surface area contributed by atoms with Crippen LogP contribution >= 0.6 is 0 Å². The summed E-state index contributed by atoms with van der Waals surface area (Å²) in [5.74, 6) is 0.892. The maximum absolute atomic E-state index is 12.7. The Morgan fingerprint density at radius 1 is 1.21 bits per heavy atom. The average molecular weight is 324 g/mol. The summed E-state index contributed by atoms with van der Waals surface area (Å²) in [4.78, 5) is 14.5. The number of hydrogen-bond donors (Lipinski definition) is 0. The van der Waals surface area contributed by atoms with Crippen molar-refractivity contribution < 1.29 is 13.9 Å². The van der Waals surface area contributed by atoms with Crippen molar-refractivity contribution in [2.24, 2.45) is 0 Å². The fraction of sp³-hybridized carbons (Fsp3) is 0.368. The zero-order valence-corrected chi connectivity index (χ0v) is 13.5. The molecule has 1 aromatic carbocycles. The van der Waals surface area contributed by atoms with Crippen LogP contribution in [0.1, 0.15) is 47.4 Å². The molecule has 1 saturated heterocycles. The number of carbonyl (C=O) groups is 1. The number of ether oxygens (including phenoxy) is 1. The lowest BCUT2D eigenvalue weighted by molar-refractivity contribution is 0.0726. The lowest BCUT2D eigenvalue weighted by atomic mass is 10.2. The van der Waals surface area contributed by atoms with Gasteiger partial charge in [-0.2, -0.15) is 5.26 Å². The normalized spacial score (nSPS) is 14.7. The Kier molecular flexibility index (Phi) is 5.17. The van der Waals surface area contributed by atoms with E-state index in [-0.39, 0.29) is 12.5 Å². The number of nitriles is 1. The summed E-state index contributed by atoms with van der Waals surface area (Å²) in [7, 11) is 0. The monoisotopic (exact) mass is 324 g/mol. The quantitative estimate of drug-likeness (QED) is 0.859. The predicted octanol–water partition coefficient (Wildman–Crippen LogP) is 3.75. The van der Waals surface area contributed by atoms with Crippen molar-refractivity contribution in [2.45, 2.75) is 32.3 Å². The van der Waals surface area contributed by atoms with Crippen molar-refractivity contribution in [3.8, 4) is 11.8 Å². The number of benzene rings is 1. The molecule has 124 valence electrons. The van der Waals surface area contributed by atoms with E-state index >= 15 is 0 Å². The van der Waals surface area contributed by atoms with Gasteiger partial charge in [-0.3, -0.25) is 4.79 Å². The molecule has 1 fully saturated rings. The van der Waals surface area contributed by atoms with Gasteiger partial charge in [0.15, 0.2) is 5.76 Å². The van der Waals surface area contributed by atoms with Gasteiger partial charge in [-0.1, -0.05) is 18.9 Å². The molecule has 2 aromatic rings. The molecular formula is C19H20N2O3. The summed E-state index contributed by atoms with van der Waals surface area (Å²) in [5, 5.41) is 8.93. The second-order valence-electron chi connectivity index (χ2n) is 5.91. The SMILES string of the molecule is N#Cc1cccc(OCc2ccoc2C(=O)N2CCCCCC2)c1. The number of rotatable bonds is 4. The summed E-state index contributed by atoms with van der Waals surface area (Å²) in [6.07, 6.45) is 5.95. The van der Waals surface area contributed by atoms with Gasteiger partial charge in [0.05, 0.1) is 17.9 Å². The number of carbonyl (C=O) groups excluding carboxylic acids is 1. The molecule has 2 heterocycles. The van der Waals surface area contributed by atoms with Crippen molar-refractivity contribution in [2.75, 3.05) is 13.1 Å². The molecule has 0 spiro atoms. The molecule has 1 aromatic heterocycles. The number of amides is 1. The standard InChI is InChI=1S/C19H20N2O3/c20-13-15-6-5-7-17(12-15)24-14-16-8-11-23-18(16)19(22)21-9-3-1-2-4-10-21/h5-8,11-12H,1-4,9-10,14H2. The van der Waals surface area contributed by atoms with E-state index in [0.29, 0.717) is 17.1 Å². The Labute approximate surface area is 141 Å². The van der Waals surface area contributed by atoms with Crippen LogP contribution in [0, 0.1) is 11.3 Å². The topological polar surface area (TPSA) is 66.5 Å². The maximum Gasteiger partial charge on any atom is 0.289 e. The number of hydrogen-bond acceptors (Lipinski definition) is 4. The van der Waals surface area contributed by atoms with Gasteiger partial charge in [0.2, 0.25) is 0 Å². The molecule has 5 heteroatoms. The molecule has 0 unspecified atom stereocenters. The van der Waals surface area contributed by atoms with E-state index in [1.807, 2.05) is 4.90 Å². The van der Waals surface area contributed by atoms with Gasteiger partial charge in [-0.05, 0) is 37.1 Å². The maximum atomic E-state index is 12.7. The molecule has 3 rings (SSSR count). The van der Waals surface area contributed by atoms with Gasteiger partial charge in [-0.15, -0.1) is 0 Å². The minimum atomic E-state index is -0.0636. The van der Waals surface area contributed by atoms with Crippen LogP contribution in [-0.2, 0) is 6.61 Å². The summed E-state index contributed by atoms with van der Waals surface area (Å²) >= 11 is 0. The van der Waals surface area contributed by atoms with Crippen LogP contribution in [0.25, 0.3) is 0 Å². The van der Waals surface area contributed by atoms with Gasteiger partial charge in [-0.25, -0.2) is 0 Å². The van der Waals surface area contributed by atoms with Gasteiger partial charge >= 0.3 is 0 Å². The Balaban J connectivity index is 1.68. The van der Waals surface area contributed by atoms with Gasteiger partial charge in [0.25, 0.3) is 5.91 Å². The molecule has 0 N–H and O–H groups in total. The van der Waals surface area contributed by atoms with E-state index in [9.17, 15) is 4.79 Å². The molecule has 5 nitrogen and oxygen atoms in total. The summed E-state index contributed by atoms with van der Waals surface area (Å²) in [6.45, 7) is 1.80. The van der Waals surface area contributed by atoms with Crippen LogP contribution in [0.15, 0.2) is 41.0 Å². The first-order chi connectivity index (χ1) is 11.8. The molecule has 1 amide bonds. The molecular weight excluding hydrogens is 304 g/mol. The van der Waals surface area contributed by atoms with E-state index < -0.39 is 0 Å². The van der Waals surface area contributed by atoms with Crippen LogP contribution in [0.3, 0.4) is 0 Å². The molecule has 1 aliphatic heterocycles. The van der Waals surface area contributed by atoms with Gasteiger partial charge in [0, 0.05) is 18.7 Å². The van der Waals surface area contributed by atoms with Crippen molar-refractivity contribution in [1.29, 1.82) is 5.26 Å². The lowest BCUT2D eigenvalue weighted by Crippen LogP contribution is -2.32.